The molecule has 0 aliphatic carbocycles. The molecule has 2 rings (SSSR count). The van der Waals surface area contributed by atoms with Crippen LogP contribution in [0, 0.1) is 13.8 Å². The van der Waals surface area contributed by atoms with Gasteiger partial charge in [-0.1, -0.05) is 17.7 Å². The Morgan fingerprint density at radius 2 is 1.91 bits per heavy atom. The molecular weight excluding hydrogens is 278 g/mol. The molecule has 0 amide bonds. The van der Waals surface area contributed by atoms with Gasteiger partial charge in [0.25, 0.3) is 0 Å². The number of hydrazone groups is 1. The lowest BCUT2D eigenvalue weighted by molar-refractivity contribution is 0.280. The largest absolute Gasteiger partial charge is 0.505 e. The minimum atomic E-state index is -0.196. The van der Waals surface area contributed by atoms with Crippen LogP contribution in [-0.4, -0.2) is 28.0 Å². The lowest BCUT2D eigenvalue weighted by atomic mass is 10.1. The number of aromatic hydroxyl groups is 1. The fraction of sp³-hybridized carbons (Fsp3) is 0.294. The van der Waals surface area contributed by atoms with E-state index in [-0.39, 0.29) is 12.4 Å². The first kappa shape index (κ1) is 16.0. The SMILES string of the molecule is CCN(/N=C\c1c(CO)cnc(C)c1O)c1ccc(C)cc1. The highest BCUT2D eigenvalue weighted by Gasteiger charge is 2.10. The molecular formula is C17H21N3O2. The highest BCUT2D eigenvalue weighted by Crippen LogP contribution is 2.22. The van der Waals surface area contributed by atoms with Gasteiger partial charge in [-0.3, -0.25) is 9.99 Å². The Bertz CT molecular complexity index is 666. The van der Waals surface area contributed by atoms with Gasteiger partial charge in [0.1, 0.15) is 5.75 Å². The summed E-state index contributed by atoms with van der Waals surface area (Å²) in [6.07, 6.45) is 3.12. The van der Waals surface area contributed by atoms with Crippen molar-refractivity contribution < 1.29 is 10.2 Å². The number of aliphatic hydroxyl groups is 1. The number of pyridine rings is 1. The number of hydrogen-bond donors (Lipinski definition) is 2. The van der Waals surface area contributed by atoms with Crippen molar-refractivity contribution in [3.63, 3.8) is 0 Å². The maximum absolute atomic E-state index is 10.1. The summed E-state index contributed by atoms with van der Waals surface area (Å²) in [5, 5.41) is 25.8. The van der Waals surface area contributed by atoms with Crippen LogP contribution in [0.5, 0.6) is 5.75 Å². The Kier molecular flexibility index (Phi) is 5.12. The van der Waals surface area contributed by atoms with E-state index in [9.17, 15) is 10.2 Å². The summed E-state index contributed by atoms with van der Waals surface area (Å²) in [6, 6.07) is 8.06. The molecule has 5 heteroatoms. The van der Waals surface area contributed by atoms with Crippen molar-refractivity contribution in [1.29, 1.82) is 0 Å². The fourth-order valence-electron chi connectivity index (χ4n) is 2.10. The summed E-state index contributed by atoms with van der Waals surface area (Å²) < 4.78 is 0. The number of nitrogens with zero attached hydrogens (tertiary/aromatic N) is 3. The van der Waals surface area contributed by atoms with Crippen LogP contribution in [0.2, 0.25) is 0 Å². The van der Waals surface area contributed by atoms with E-state index < -0.39 is 0 Å². The molecule has 0 aliphatic heterocycles. The third kappa shape index (κ3) is 3.43. The van der Waals surface area contributed by atoms with Crippen molar-refractivity contribution >= 4 is 11.9 Å². The third-order valence-electron chi connectivity index (χ3n) is 3.49. The van der Waals surface area contributed by atoms with Crippen molar-refractivity contribution in [2.24, 2.45) is 5.10 Å². The maximum Gasteiger partial charge on any atom is 0.145 e. The van der Waals surface area contributed by atoms with Gasteiger partial charge < -0.3 is 10.2 Å². The van der Waals surface area contributed by atoms with Crippen molar-refractivity contribution in [3.8, 4) is 5.75 Å². The fourth-order valence-corrected chi connectivity index (χ4v) is 2.10. The van der Waals surface area contributed by atoms with E-state index in [2.05, 4.69) is 10.1 Å². The zero-order chi connectivity index (χ0) is 16.1. The molecule has 0 aliphatic rings. The Morgan fingerprint density at radius 1 is 1.23 bits per heavy atom. The number of rotatable bonds is 5. The lowest BCUT2D eigenvalue weighted by Crippen LogP contribution is -2.15. The number of aliphatic hydroxyl groups excluding tert-OH is 1. The predicted octanol–water partition coefficient (Wildman–Crippen LogP) is 2.76. The number of anilines is 1. The zero-order valence-corrected chi connectivity index (χ0v) is 13.1. The minimum absolute atomic E-state index is 0.0512. The second-order valence-electron chi connectivity index (χ2n) is 5.09. The van der Waals surface area contributed by atoms with Crippen LogP contribution >= 0.6 is 0 Å². The first-order chi connectivity index (χ1) is 10.6. The quantitative estimate of drug-likeness (QED) is 0.658. The van der Waals surface area contributed by atoms with E-state index in [1.54, 1.807) is 19.3 Å². The molecule has 0 fully saturated rings. The van der Waals surface area contributed by atoms with Crippen molar-refractivity contribution in [2.45, 2.75) is 27.4 Å². The van der Waals surface area contributed by atoms with E-state index in [1.807, 2.05) is 43.1 Å². The summed E-state index contributed by atoms with van der Waals surface area (Å²) >= 11 is 0. The van der Waals surface area contributed by atoms with Crippen molar-refractivity contribution in [1.82, 2.24) is 4.98 Å². The van der Waals surface area contributed by atoms with Crippen molar-refractivity contribution in [2.75, 3.05) is 11.6 Å². The molecule has 5 nitrogen and oxygen atoms in total. The van der Waals surface area contributed by atoms with Crippen LogP contribution in [-0.2, 0) is 6.61 Å². The first-order valence-corrected chi connectivity index (χ1v) is 7.23. The predicted molar refractivity (Wildman–Crippen MR) is 88.4 cm³/mol. The number of aryl methyl sites for hydroxylation is 2. The van der Waals surface area contributed by atoms with E-state index >= 15 is 0 Å². The van der Waals surface area contributed by atoms with Crippen LogP contribution in [0.25, 0.3) is 0 Å². The second kappa shape index (κ2) is 7.04. The molecule has 0 saturated carbocycles. The topological polar surface area (TPSA) is 69.0 Å². The van der Waals surface area contributed by atoms with Crippen LogP contribution in [0.4, 0.5) is 5.69 Å². The molecule has 1 heterocycles. The van der Waals surface area contributed by atoms with E-state index in [1.165, 1.54) is 5.56 Å². The van der Waals surface area contributed by atoms with Crippen LogP contribution in [0.1, 0.15) is 29.3 Å². The molecule has 2 aromatic rings. The summed E-state index contributed by atoms with van der Waals surface area (Å²) in [5.74, 6) is 0.0512. The second-order valence-corrected chi connectivity index (χ2v) is 5.09. The molecule has 0 radical (unpaired) electrons. The van der Waals surface area contributed by atoms with E-state index in [0.717, 1.165) is 5.69 Å². The zero-order valence-electron chi connectivity index (χ0n) is 13.1. The third-order valence-corrected chi connectivity index (χ3v) is 3.49. The molecule has 116 valence electrons. The van der Waals surface area contributed by atoms with Crippen molar-refractivity contribution in [3.05, 3.63) is 52.8 Å². The molecule has 0 spiro atoms. The molecule has 1 aromatic heterocycles. The molecule has 0 unspecified atom stereocenters. The normalized spacial score (nSPS) is 11.1. The van der Waals surface area contributed by atoms with Gasteiger partial charge in [0.2, 0.25) is 0 Å². The number of benzene rings is 1. The summed E-state index contributed by atoms with van der Waals surface area (Å²) in [6.45, 7) is 6.25. The highest BCUT2D eigenvalue weighted by molar-refractivity contribution is 5.86. The van der Waals surface area contributed by atoms with Gasteiger partial charge in [-0.05, 0) is 32.9 Å². The van der Waals surface area contributed by atoms with Crippen LogP contribution in [0.3, 0.4) is 0 Å². The van der Waals surface area contributed by atoms with Gasteiger partial charge in [0, 0.05) is 23.9 Å². The average Bonchev–Trinajstić information content (AvgIpc) is 2.53. The van der Waals surface area contributed by atoms with Gasteiger partial charge in [-0.25, -0.2) is 0 Å². The Hall–Kier alpha value is -2.40. The number of aromatic nitrogens is 1. The summed E-state index contributed by atoms with van der Waals surface area (Å²) in [4.78, 5) is 4.04. The van der Waals surface area contributed by atoms with E-state index in [0.29, 0.717) is 23.4 Å². The molecule has 0 saturated heterocycles. The number of hydrogen-bond acceptors (Lipinski definition) is 5. The van der Waals surface area contributed by atoms with Crippen LogP contribution < -0.4 is 5.01 Å². The van der Waals surface area contributed by atoms with Gasteiger partial charge in [0.15, 0.2) is 0 Å². The monoisotopic (exact) mass is 299 g/mol. The minimum Gasteiger partial charge on any atom is -0.505 e. The van der Waals surface area contributed by atoms with E-state index in [4.69, 9.17) is 0 Å². The Morgan fingerprint density at radius 3 is 2.50 bits per heavy atom. The lowest BCUT2D eigenvalue weighted by Gasteiger charge is -2.17. The molecule has 2 N–H and O–H groups in total. The first-order valence-electron chi connectivity index (χ1n) is 7.23. The summed E-state index contributed by atoms with van der Waals surface area (Å²) in [7, 11) is 0. The maximum atomic E-state index is 10.1. The van der Waals surface area contributed by atoms with Crippen LogP contribution in [0.15, 0.2) is 35.6 Å². The summed E-state index contributed by atoms with van der Waals surface area (Å²) in [5.41, 5.74) is 3.72. The molecule has 22 heavy (non-hydrogen) atoms. The Balaban J connectivity index is 2.33. The van der Waals surface area contributed by atoms with Gasteiger partial charge in [-0.2, -0.15) is 5.10 Å². The highest BCUT2D eigenvalue weighted by atomic mass is 16.3. The van der Waals surface area contributed by atoms with Gasteiger partial charge in [0.05, 0.1) is 24.2 Å². The standard InChI is InChI=1S/C17H21N3O2/c1-4-20(15-7-5-12(2)6-8-15)19-10-16-14(11-21)9-18-13(3)17(16)22/h5-10,21-22H,4,11H2,1-3H3/b19-10-. The molecule has 1 aromatic carbocycles. The Labute approximate surface area is 130 Å². The smallest absolute Gasteiger partial charge is 0.145 e. The van der Waals surface area contributed by atoms with Gasteiger partial charge in [-0.15, -0.1) is 0 Å². The molecule has 0 bridgehead atoms. The molecule has 0 atom stereocenters. The van der Waals surface area contributed by atoms with Gasteiger partial charge >= 0.3 is 0 Å². The average molecular weight is 299 g/mol.